The second-order valence-electron chi connectivity index (χ2n) is 5.16. The number of hydrogen-bond acceptors (Lipinski definition) is 4. The van der Waals surface area contributed by atoms with E-state index < -0.39 is 22.1 Å². The number of rotatable bonds is 5. The molecule has 1 aliphatic rings. The highest BCUT2D eigenvalue weighted by Crippen LogP contribution is 2.19. The molecule has 0 aliphatic carbocycles. The van der Waals surface area contributed by atoms with Crippen LogP contribution < -0.4 is 4.72 Å². The predicted molar refractivity (Wildman–Crippen MR) is 76.7 cm³/mol. The van der Waals surface area contributed by atoms with Crippen LogP contribution in [0.25, 0.3) is 0 Å². The lowest BCUT2D eigenvalue weighted by Gasteiger charge is -2.29. The number of pyridine rings is 1. The minimum atomic E-state index is -3.67. The lowest BCUT2D eigenvalue weighted by atomic mass is 10.0. The molecule has 0 radical (unpaired) electrons. The van der Waals surface area contributed by atoms with Crippen LogP contribution in [0.1, 0.15) is 24.0 Å². The molecule has 0 spiro atoms. The van der Waals surface area contributed by atoms with E-state index in [2.05, 4.69) is 9.71 Å². The van der Waals surface area contributed by atoms with Crippen molar-refractivity contribution in [3.63, 3.8) is 0 Å². The third kappa shape index (κ3) is 3.99. The van der Waals surface area contributed by atoms with E-state index >= 15 is 0 Å². The molecule has 7 nitrogen and oxygen atoms in total. The number of piperidine rings is 1. The van der Waals surface area contributed by atoms with Gasteiger partial charge in [-0.2, -0.15) is 17.4 Å². The Morgan fingerprint density at radius 2 is 2.33 bits per heavy atom. The number of aliphatic carboxylic acids is 1. The van der Waals surface area contributed by atoms with Crippen molar-refractivity contribution >= 4 is 16.2 Å². The summed E-state index contributed by atoms with van der Waals surface area (Å²) in [6, 6.07) is 1.76. The van der Waals surface area contributed by atoms with Crippen LogP contribution in [0.15, 0.2) is 18.5 Å². The van der Waals surface area contributed by atoms with Gasteiger partial charge in [-0.1, -0.05) is 0 Å². The highest BCUT2D eigenvalue weighted by atomic mass is 32.2. The molecule has 1 aliphatic heterocycles. The molecule has 116 valence electrons. The average Bonchev–Trinajstić information content (AvgIpc) is 2.46. The standard InChI is InChI=1S/C13H19N3O4S/c1-10-7-14-5-4-11(10)8-15-21(19,20)16-6-2-3-12(9-16)13(17)18/h4-5,7,12,15H,2-3,6,8-9H2,1H3,(H,17,18). The molecule has 0 amide bonds. The summed E-state index contributed by atoms with van der Waals surface area (Å²) < 4.78 is 28.2. The van der Waals surface area contributed by atoms with Gasteiger partial charge in [0, 0.05) is 32.0 Å². The molecular weight excluding hydrogens is 294 g/mol. The fourth-order valence-electron chi connectivity index (χ4n) is 2.32. The Bertz CT molecular complexity index is 618. The Morgan fingerprint density at radius 3 is 3.00 bits per heavy atom. The lowest BCUT2D eigenvalue weighted by Crippen LogP contribution is -2.47. The summed E-state index contributed by atoms with van der Waals surface area (Å²) in [5.41, 5.74) is 1.75. The maximum absolute atomic E-state index is 12.2. The van der Waals surface area contributed by atoms with Crippen molar-refractivity contribution in [2.45, 2.75) is 26.3 Å². The first-order valence-electron chi connectivity index (χ1n) is 6.77. The molecule has 1 aromatic rings. The van der Waals surface area contributed by atoms with Crippen molar-refractivity contribution in [2.24, 2.45) is 5.92 Å². The Morgan fingerprint density at radius 1 is 1.57 bits per heavy atom. The van der Waals surface area contributed by atoms with Gasteiger partial charge < -0.3 is 5.11 Å². The van der Waals surface area contributed by atoms with Gasteiger partial charge in [-0.05, 0) is 37.0 Å². The number of carboxylic acids is 1. The quantitative estimate of drug-likeness (QED) is 0.825. The molecule has 2 N–H and O–H groups in total. The van der Waals surface area contributed by atoms with Gasteiger partial charge in [0.2, 0.25) is 0 Å². The van der Waals surface area contributed by atoms with Crippen LogP contribution in [-0.4, -0.2) is 41.9 Å². The van der Waals surface area contributed by atoms with E-state index in [0.29, 0.717) is 19.4 Å². The van der Waals surface area contributed by atoms with Gasteiger partial charge in [0.1, 0.15) is 0 Å². The Balaban J connectivity index is 2.01. The van der Waals surface area contributed by atoms with Crippen LogP contribution >= 0.6 is 0 Å². The van der Waals surface area contributed by atoms with Gasteiger partial charge >= 0.3 is 5.97 Å². The normalized spacial score (nSPS) is 20.3. The maximum Gasteiger partial charge on any atom is 0.307 e. The zero-order chi connectivity index (χ0) is 15.5. The Labute approximate surface area is 124 Å². The summed E-state index contributed by atoms with van der Waals surface area (Å²) >= 11 is 0. The maximum atomic E-state index is 12.2. The van der Waals surface area contributed by atoms with Gasteiger partial charge in [0.05, 0.1) is 5.92 Å². The molecule has 0 bridgehead atoms. The number of hydrogen-bond donors (Lipinski definition) is 2. The summed E-state index contributed by atoms with van der Waals surface area (Å²) in [4.78, 5) is 15.0. The van der Waals surface area contributed by atoms with E-state index in [1.807, 2.05) is 6.92 Å². The molecule has 1 fully saturated rings. The molecule has 1 aromatic heterocycles. The van der Waals surface area contributed by atoms with Crippen LogP contribution in [0.5, 0.6) is 0 Å². The predicted octanol–water partition coefficient (Wildman–Crippen LogP) is 0.521. The van der Waals surface area contributed by atoms with Crippen LogP contribution in [0, 0.1) is 12.8 Å². The van der Waals surface area contributed by atoms with E-state index in [-0.39, 0.29) is 13.1 Å². The number of aryl methyl sites for hydroxylation is 1. The van der Waals surface area contributed by atoms with E-state index in [1.165, 1.54) is 4.31 Å². The van der Waals surface area contributed by atoms with E-state index in [0.717, 1.165) is 11.1 Å². The first kappa shape index (κ1) is 15.9. The minimum Gasteiger partial charge on any atom is -0.481 e. The average molecular weight is 313 g/mol. The zero-order valence-corrected chi connectivity index (χ0v) is 12.6. The zero-order valence-electron chi connectivity index (χ0n) is 11.8. The van der Waals surface area contributed by atoms with Crippen molar-refractivity contribution in [1.82, 2.24) is 14.0 Å². The van der Waals surface area contributed by atoms with Crippen molar-refractivity contribution < 1.29 is 18.3 Å². The van der Waals surface area contributed by atoms with Crippen molar-refractivity contribution in [3.8, 4) is 0 Å². The van der Waals surface area contributed by atoms with E-state index in [1.54, 1.807) is 18.5 Å². The summed E-state index contributed by atoms with van der Waals surface area (Å²) in [5, 5.41) is 9.02. The molecule has 0 saturated carbocycles. The monoisotopic (exact) mass is 313 g/mol. The molecule has 8 heteroatoms. The molecule has 21 heavy (non-hydrogen) atoms. The van der Waals surface area contributed by atoms with Crippen LogP contribution in [-0.2, 0) is 21.5 Å². The molecule has 1 atom stereocenters. The first-order chi connectivity index (χ1) is 9.90. The highest BCUT2D eigenvalue weighted by Gasteiger charge is 2.31. The Kier molecular flexibility index (Phi) is 4.92. The number of nitrogens with one attached hydrogen (secondary N) is 1. The highest BCUT2D eigenvalue weighted by molar-refractivity contribution is 7.87. The van der Waals surface area contributed by atoms with E-state index in [9.17, 15) is 13.2 Å². The number of nitrogens with zero attached hydrogens (tertiary/aromatic N) is 2. The second-order valence-corrected chi connectivity index (χ2v) is 6.92. The summed E-state index contributed by atoms with van der Waals surface area (Å²) in [6.07, 6.45) is 4.36. The molecule has 0 aromatic carbocycles. The first-order valence-corrected chi connectivity index (χ1v) is 8.21. The molecular formula is C13H19N3O4S. The molecule has 1 unspecified atom stereocenters. The van der Waals surface area contributed by atoms with Crippen molar-refractivity contribution in [1.29, 1.82) is 0 Å². The number of carbonyl (C=O) groups is 1. The van der Waals surface area contributed by atoms with Crippen LogP contribution in [0.2, 0.25) is 0 Å². The number of carboxylic acid groups (broad SMARTS) is 1. The SMILES string of the molecule is Cc1cnccc1CNS(=O)(=O)N1CCCC(C(=O)O)C1. The van der Waals surface area contributed by atoms with Gasteiger partial charge in [-0.25, -0.2) is 0 Å². The smallest absolute Gasteiger partial charge is 0.307 e. The summed E-state index contributed by atoms with van der Waals surface area (Å²) in [5.74, 6) is -1.57. The third-order valence-corrected chi connectivity index (χ3v) is 5.18. The minimum absolute atomic E-state index is 0.0278. The molecule has 2 heterocycles. The van der Waals surface area contributed by atoms with Crippen LogP contribution in [0.3, 0.4) is 0 Å². The van der Waals surface area contributed by atoms with Crippen molar-refractivity contribution in [3.05, 3.63) is 29.6 Å². The number of aromatic nitrogens is 1. The van der Waals surface area contributed by atoms with Gasteiger partial charge in [0.15, 0.2) is 0 Å². The fourth-order valence-corrected chi connectivity index (χ4v) is 3.59. The fraction of sp³-hybridized carbons (Fsp3) is 0.538. The second kappa shape index (κ2) is 6.50. The molecule has 2 rings (SSSR count). The Hall–Kier alpha value is -1.51. The largest absolute Gasteiger partial charge is 0.481 e. The van der Waals surface area contributed by atoms with Crippen LogP contribution in [0.4, 0.5) is 0 Å². The lowest BCUT2D eigenvalue weighted by molar-refractivity contribution is -0.142. The van der Waals surface area contributed by atoms with E-state index in [4.69, 9.17) is 5.11 Å². The third-order valence-electron chi connectivity index (χ3n) is 3.65. The van der Waals surface area contributed by atoms with Gasteiger partial charge in [-0.3, -0.25) is 9.78 Å². The molecule has 1 saturated heterocycles. The summed E-state index contributed by atoms with van der Waals surface area (Å²) in [6.45, 7) is 2.41. The van der Waals surface area contributed by atoms with Gasteiger partial charge in [0.25, 0.3) is 10.2 Å². The van der Waals surface area contributed by atoms with Gasteiger partial charge in [-0.15, -0.1) is 0 Å². The van der Waals surface area contributed by atoms with Crippen molar-refractivity contribution in [2.75, 3.05) is 13.1 Å². The topological polar surface area (TPSA) is 99.6 Å². The summed E-state index contributed by atoms with van der Waals surface area (Å²) in [7, 11) is -3.67.